The number of ketones is 1. The van der Waals surface area contributed by atoms with Crippen LogP contribution in [0.2, 0.25) is 0 Å². The first kappa shape index (κ1) is 8.80. The SMILES string of the molecule is O=C1C(=NO)Cc2cc(F)cc(F)c21. The van der Waals surface area contributed by atoms with Gasteiger partial charge in [0.25, 0.3) is 0 Å². The van der Waals surface area contributed by atoms with E-state index in [2.05, 4.69) is 5.16 Å². The zero-order chi connectivity index (χ0) is 10.3. The molecule has 0 radical (unpaired) electrons. The van der Waals surface area contributed by atoms with Crippen LogP contribution in [0.15, 0.2) is 17.3 Å². The molecule has 0 amide bonds. The number of hydrogen-bond acceptors (Lipinski definition) is 3. The van der Waals surface area contributed by atoms with Gasteiger partial charge in [-0.05, 0) is 11.6 Å². The molecular weight excluding hydrogens is 192 g/mol. The van der Waals surface area contributed by atoms with Gasteiger partial charge in [0.1, 0.15) is 17.3 Å². The molecule has 1 aromatic carbocycles. The van der Waals surface area contributed by atoms with Crippen LogP contribution in [0.3, 0.4) is 0 Å². The van der Waals surface area contributed by atoms with Crippen molar-refractivity contribution in [2.24, 2.45) is 5.16 Å². The van der Waals surface area contributed by atoms with E-state index in [4.69, 9.17) is 5.21 Å². The highest BCUT2D eigenvalue weighted by atomic mass is 19.1. The number of oxime groups is 1. The molecule has 0 spiro atoms. The van der Waals surface area contributed by atoms with E-state index in [0.717, 1.165) is 6.07 Å². The maximum Gasteiger partial charge on any atom is 0.214 e. The summed E-state index contributed by atoms with van der Waals surface area (Å²) in [6.07, 6.45) is -0.0284. The molecule has 3 nitrogen and oxygen atoms in total. The number of halogens is 2. The maximum absolute atomic E-state index is 13.1. The van der Waals surface area contributed by atoms with Gasteiger partial charge in [-0.25, -0.2) is 8.78 Å². The highest BCUT2D eigenvalue weighted by Gasteiger charge is 2.30. The summed E-state index contributed by atoms with van der Waals surface area (Å²) in [7, 11) is 0. The van der Waals surface area contributed by atoms with E-state index in [0.29, 0.717) is 6.07 Å². The number of benzene rings is 1. The summed E-state index contributed by atoms with van der Waals surface area (Å²) in [4.78, 5) is 11.3. The summed E-state index contributed by atoms with van der Waals surface area (Å²) in [5, 5.41) is 11.2. The van der Waals surface area contributed by atoms with Crippen LogP contribution in [-0.2, 0) is 6.42 Å². The van der Waals surface area contributed by atoms with E-state index < -0.39 is 17.4 Å². The highest BCUT2D eigenvalue weighted by Crippen LogP contribution is 2.24. The summed E-state index contributed by atoms with van der Waals surface area (Å²) < 4.78 is 25.8. The van der Waals surface area contributed by atoms with Gasteiger partial charge >= 0.3 is 0 Å². The molecule has 1 aromatic rings. The van der Waals surface area contributed by atoms with Crippen molar-refractivity contribution in [3.05, 3.63) is 34.9 Å². The summed E-state index contributed by atoms with van der Waals surface area (Å²) in [5.41, 5.74) is -0.135. The van der Waals surface area contributed by atoms with Gasteiger partial charge in [0.05, 0.1) is 5.56 Å². The van der Waals surface area contributed by atoms with Crippen LogP contribution >= 0.6 is 0 Å². The lowest BCUT2D eigenvalue weighted by Crippen LogP contribution is -2.08. The minimum atomic E-state index is -0.913. The molecule has 0 unspecified atom stereocenters. The van der Waals surface area contributed by atoms with Crippen molar-refractivity contribution in [1.82, 2.24) is 0 Å². The number of carbonyl (C=O) groups is 1. The van der Waals surface area contributed by atoms with Crippen molar-refractivity contribution in [3.63, 3.8) is 0 Å². The number of rotatable bonds is 0. The fraction of sp³-hybridized carbons (Fsp3) is 0.111. The Labute approximate surface area is 77.7 Å². The average Bonchev–Trinajstić information content (AvgIpc) is 2.42. The Morgan fingerprint density at radius 1 is 1.36 bits per heavy atom. The first-order valence-electron chi connectivity index (χ1n) is 3.87. The Balaban J connectivity index is 2.65. The molecule has 0 aliphatic heterocycles. The van der Waals surface area contributed by atoms with Crippen LogP contribution in [0, 0.1) is 11.6 Å². The Morgan fingerprint density at radius 3 is 2.71 bits per heavy atom. The Hall–Kier alpha value is -1.78. The Morgan fingerprint density at radius 2 is 2.07 bits per heavy atom. The molecule has 0 heterocycles. The second-order valence-corrected chi connectivity index (χ2v) is 2.97. The third kappa shape index (κ3) is 1.09. The molecule has 1 aliphatic carbocycles. The standard InChI is InChI=1S/C9H5F2NO2/c10-5-1-4-2-7(12-14)9(13)8(4)6(11)3-5/h1,3,14H,2H2. The summed E-state index contributed by atoms with van der Waals surface area (Å²) in [5.74, 6) is -2.34. The summed E-state index contributed by atoms with van der Waals surface area (Å²) in [6.45, 7) is 0. The zero-order valence-electron chi connectivity index (χ0n) is 6.92. The second kappa shape index (κ2) is 2.87. The van der Waals surface area contributed by atoms with Gasteiger partial charge in [0.2, 0.25) is 5.78 Å². The Kier molecular flexibility index (Phi) is 1.80. The molecule has 2 rings (SSSR count). The molecule has 14 heavy (non-hydrogen) atoms. The third-order valence-corrected chi connectivity index (χ3v) is 2.10. The monoisotopic (exact) mass is 197 g/mol. The van der Waals surface area contributed by atoms with Gasteiger partial charge in [-0.2, -0.15) is 0 Å². The van der Waals surface area contributed by atoms with Crippen molar-refractivity contribution in [2.75, 3.05) is 0 Å². The number of Topliss-reactive ketones (excluding diaryl/α,β-unsaturated/α-hetero) is 1. The van der Waals surface area contributed by atoms with Crippen LogP contribution in [-0.4, -0.2) is 16.7 Å². The van der Waals surface area contributed by atoms with Gasteiger partial charge in [-0.15, -0.1) is 0 Å². The highest BCUT2D eigenvalue weighted by molar-refractivity contribution is 6.49. The quantitative estimate of drug-likeness (QED) is 0.506. The molecule has 0 saturated carbocycles. The molecule has 72 valence electrons. The van der Waals surface area contributed by atoms with Crippen LogP contribution in [0.1, 0.15) is 15.9 Å². The lowest BCUT2D eigenvalue weighted by Gasteiger charge is -1.97. The fourth-order valence-corrected chi connectivity index (χ4v) is 1.51. The molecule has 0 saturated heterocycles. The average molecular weight is 197 g/mol. The topological polar surface area (TPSA) is 49.7 Å². The Bertz CT molecular complexity index is 454. The maximum atomic E-state index is 13.1. The van der Waals surface area contributed by atoms with Gasteiger partial charge in [0, 0.05) is 12.5 Å². The molecule has 0 aromatic heterocycles. The van der Waals surface area contributed by atoms with E-state index in [1.807, 2.05) is 0 Å². The number of carbonyl (C=O) groups excluding carboxylic acids is 1. The molecule has 5 heteroatoms. The van der Waals surface area contributed by atoms with Crippen molar-refractivity contribution in [2.45, 2.75) is 6.42 Å². The lowest BCUT2D eigenvalue weighted by atomic mass is 10.1. The third-order valence-electron chi connectivity index (χ3n) is 2.10. The van der Waals surface area contributed by atoms with E-state index in [1.165, 1.54) is 0 Å². The van der Waals surface area contributed by atoms with E-state index in [-0.39, 0.29) is 23.3 Å². The largest absolute Gasteiger partial charge is 0.411 e. The molecular formula is C9H5F2NO2. The van der Waals surface area contributed by atoms with E-state index >= 15 is 0 Å². The minimum Gasteiger partial charge on any atom is -0.411 e. The van der Waals surface area contributed by atoms with Gasteiger partial charge in [-0.1, -0.05) is 5.16 Å². The smallest absolute Gasteiger partial charge is 0.214 e. The molecule has 0 fully saturated rings. The van der Waals surface area contributed by atoms with Gasteiger partial charge < -0.3 is 5.21 Å². The van der Waals surface area contributed by atoms with Gasteiger partial charge in [0.15, 0.2) is 0 Å². The molecule has 0 atom stereocenters. The molecule has 1 aliphatic rings. The van der Waals surface area contributed by atoms with Crippen molar-refractivity contribution >= 4 is 11.5 Å². The second-order valence-electron chi connectivity index (χ2n) is 2.97. The zero-order valence-corrected chi connectivity index (χ0v) is 6.92. The summed E-state index contributed by atoms with van der Waals surface area (Å²) >= 11 is 0. The molecule has 1 N–H and O–H groups in total. The van der Waals surface area contributed by atoms with Crippen LogP contribution in [0.4, 0.5) is 8.78 Å². The van der Waals surface area contributed by atoms with Crippen molar-refractivity contribution < 1.29 is 18.8 Å². The van der Waals surface area contributed by atoms with E-state index in [9.17, 15) is 13.6 Å². The summed E-state index contributed by atoms with van der Waals surface area (Å²) in [6, 6.07) is 1.70. The normalized spacial score (nSPS) is 17.6. The number of fused-ring (bicyclic) bond motifs is 1. The van der Waals surface area contributed by atoms with Crippen LogP contribution in [0.5, 0.6) is 0 Å². The fourth-order valence-electron chi connectivity index (χ4n) is 1.51. The predicted octanol–water partition coefficient (Wildman–Crippen LogP) is 1.53. The first-order chi connectivity index (χ1) is 6.63. The number of hydrogen-bond donors (Lipinski definition) is 1. The number of nitrogens with zero attached hydrogens (tertiary/aromatic N) is 1. The van der Waals surface area contributed by atoms with Crippen LogP contribution in [0.25, 0.3) is 0 Å². The minimum absolute atomic E-state index is 0.0284. The van der Waals surface area contributed by atoms with Crippen LogP contribution < -0.4 is 0 Å². The van der Waals surface area contributed by atoms with Crippen molar-refractivity contribution in [3.8, 4) is 0 Å². The molecule has 0 bridgehead atoms. The lowest BCUT2D eigenvalue weighted by molar-refractivity contribution is 0.106. The predicted molar refractivity (Wildman–Crippen MR) is 43.6 cm³/mol. The first-order valence-corrected chi connectivity index (χ1v) is 3.87. The van der Waals surface area contributed by atoms with Gasteiger partial charge in [-0.3, -0.25) is 4.79 Å². The van der Waals surface area contributed by atoms with Crippen molar-refractivity contribution in [1.29, 1.82) is 0 Å². The van der Waals surface area contributed by atoms with E-state index in [1.54, 1.807) is 0 Å².